The molecule has 0 saturated heterocycles. The fourth-order valence-corrected chi connectivity index (χ4v) is 4.48. The molecule has 4 aromatic rings. The zero-order valence-corrected chi connectivity index (χ0v) is 18.2. The number of hydrogen-bond acceptors (Lipinski definition) is 5. The van der Waals surface area contributed by atoms with Crippen LogP contribution in [-0.4, -0.2) is 22.5 Å². The van der Waals surface area contributed by atoms with E-state index in [0.29, 0.717) is 23.9 Å². The van der Waals surface area contributed by atoms with E-state index < -0.39 is 5.25 Å². The number of anilines is 1. The van der Waals surface area contributed by atoms with E-state index in [1.165, 1.54) is 11.8 Å². The van der Waals surface area contributed by atoms with Crippen LogP contribution in [0.4, 0.5) is 5.69 Å². The van der Waals surface area contributed by atoms with E-state index >= 15 is 0 Å². The zero-order chi connectivity index (χ0) is 21.6. The third-order valence-corrected chi connectivity index (χ3v) is 5.95. The minimum Gasteiger partial charge on any atom is -0.492 e. The summed E-state index contributed by atoms with van der Waals surface area (Å²) in [6, 6.07) is 25.1. The number of hydrogen-bond donors (Lipinski definition) is 1. The van der Waals surface area contributed by atoms with Gasteiger partial charge in [0.2, 0.25) is 5.91 Å². The fraction of sp³-hybridized carbons (Fsp3) is 0.160. The minimum absolute atomic E-state index is 0.135. The first-order valence-electron chi connectivity index (χ1n) is 10.1. The fourth-order valence-electron chi connectivity index (χ4n) is 3.31. The third-order valence-electron chi connectivity index (χ3n) is 4.69. The maximum absolute atomic E-state index is 13.5. The highest BCUT2D eigenvalue weighted by Crippen LogP contribution is 2.39. The van der Waals surface area contributed by atoms with Crippen LogP contribution in [0.25, 0.3) is 10.9 Å². The molecule has 0 bridgehead atoms. The molecule has 1 aromatic heterocycles. The summed E-state index contributed by atoms with van der Waals surface area (Å²) in [4.78, 5) is 22.6. The lowest BCUT2D eigenvalue weighted by atomic mass is 10.1. The molecule has 1 unspecified atom stereocenters. The predicted molar refractivity (Wildman–Crippen MR) is 126 cm³/mol. The van der Waals surface area contributed by atoms with Gasteiger partial charge in [-0.2, -0.15) is 0 Å². The minimum atomic E-state index is -0.492. The van der Waals surface area contributed by atoms with E-state index in [1.54, 1.807) is 0 Å². The lowest BCUT2D eigenvalue weighted by Crippen LogP contribution is -2.19. The Morgan fingerprint density at radius 3 is 2.48 bits per heavy atom. The van der Waals surface area contributed by atoms with E-state index in [0.717, 1.165) is 21.5 Å². The summed E-state index contributed by atoms with van der Waals surface area (Å²) in [6.45, 7) is 4.31. The number of nitrogens with one attached hydrogen (secondary N) is 1. The first kappa shape index (κ1) is 20.9. The molecule has 0 saturated carbocycles. The van der Waals surface area contributed by atoms with Gasteiger partial charge in [-0.15, -0.1) is 0 Å². The Bertz CT molecular complexity index is 1200. The van der Waals surface area contributed by atoms with Crippen molar-refractivity contribution < 1.29 is 9.53 Å². The molecule has 5 nitrogen and oxygen atoms in total. The van der Waals surface area contributed by atoms with Gasteiger partial charge in [-0.05, 0) is 37.6 Å². The van der Waals surface area contributed by atoms with Crippen LogP contribution in [-0.2, 0) is 4.79 Å². The molecule has 0 spiro atoms. The number of aryl methyl sites for hydroxylation is 1. The van der Waals surface area contributed by atoms with Crippen molar-refractivity contribution in [1.82, 2.24) is 9.97 Å². The summed E-state index contributed by atoms with van der Waals surface area (Å²) in [5.41, 5.74) is 2.42. The van der Waals surface area contributed by atoms with Gasteiger partial charge >= 0.3 is 0 Å². The molecule has 0 fully saturated rings. The number of nitrogens with zero attached hydrogens (tertiary/aromatic N) is 2. The SMILES string of the molecule is CCOc1ccccc1NC(=O)C(Sc1nc(C)nc2ccccc12)c1ccccc1. The molecular weight excluding hydrogens is 406 g/mol. The molecular formula is C25H23N3O2S. The Morgan fingerprint density at radius 2 is 1.68 bits per heavy atom. The number of aromatic nitrogens is 2. The third kappa shape index (κ3) is 4.86. The maximum Gasteiger partial charge on any atom is 0.242 e. The predicted octanol–water partition coefficient (Wildman–Crippen LogP) is 5.81. The molecule has 31 heavy (non-hydrogen) atoms. The summed E-state index contributed by atoms with van der Waals surface area (Å²) in [6.07, 6.45) is 0. The molecule has 156 valence electrons. The molecule has 1 N–H and O–H groups in total. The van der Waals surface area contributed by atoms with Crippen molar-refractivity contribution >= 4 is 34.3 Å². The van der Waals surface area contributed by atoms with Crippen LogP contribution < -0.4 is 10.1 Å². The zero-order valence-electron chi connectivity index (χ0n) is 17.4. The first-order valence-corrected chi connectivity index (χ1v) is 11.0. The van der Waals surface area contributed by atoms with E-state index in [-0.39, 0.29) is 5.91 Å². The van der Waals surface area contributed by atoms with E-state index in [2.05, 4.69) is 15.3 Å². The normalized spacial score (nSPS) is 11.8. The number of thioether (sulfide) groups is 1. The second kappa shape index (κ2) is 9.62. The van der Waals surface area contributed by atoms with Crippen molar-refractivity contribution in [2.45, 2.75) is 24.1 Å². The van der Waals surface area contributed by atoms with Crippen molar-refractivity contribution in [2.75, 3.05) is 11.9 Å². The highest BCUT2D eigenvalue weighted by atomic mass is 32.2. The van der Waals surface area contributed by atoms with Crippen LogP contribution in [0.3, 0.4) is 0 Å². The molecule has 1 atom stereocenters. The van der Waals surface area contributed by atoms with Crippen LogP contribution in [0.2, 0.25) is 0 Å². The summed E-state index contributed by atoms with van der Waals surface area (Å²) in [5, 5.41) is 4.27. The quantitative estimate of drug-likeness (QED) is 0.297. The number of para-hydroxylation sites is 3. The Hall–Kier alpha value is -3.38. The van der Waals surface area contributed by atoms with Crippen LogP contribution >= 0.6 is 11.8 Å². The standard InChI is InChI=1S/C25H23N3O2S/c1-3-30-22-16-10-9-15-21(22)28-24(29)23(18-11-5-4-6-12-18)31-25-19-13-7-8-14-20(19)26-17(2)27-25/h4-16,23H,3H2,1-2H3,(H,28,29). The van der Waals surface area contributed by atoms with Gasteiger partial charge in [0, 0.05) is 5.39 Å². The summed E-state index contributed by atoms with van der Waals surface area (Å²) in [7, 11) is 0. The van der Waals surface area contributed by atoms with Crippen molar-refractivity contribution in [2.24, 2.45) is 0 Å². The molecule has 0 aliphatic heterocycles. The molecule has 0 aliphatic rings. The number of benzene rings is 3. The number of amides is 1. The highest BCUT2D eigenvalue weighted by molar-refractivity contribution is 8.00. The van der Waals surface area contributed by atoms with Gasteiger partial charge in [-0.3, -0.25) is 4.79 Å². The largest absolute Gasteiger partial charge is 0.492 e. The van der Waals surface area contributed by atoms with Gasteiger partial charge < -0.3 is 10.1 Å². The van der Waals surface area contributed by atoms with Crippen molar-refractivity contribution in [3.05, 3.63) is 90.3 Å². The molecule has 6 heteroatoms. The molecule has 0 aliphatic carbocycles. The van der Waals surface area contributed by atoms with Gasteiger partial charge in [-0.25, -0.2) is 9.97 Å². The molecule has 3 aromatic carbocycles. The van der Waals surface area contributed by atoms with Crippen LogP contribution in [0.15, 0.2) is 83.9 Å². The average Bonchev–Trinajstić information content (AvgIpc) is 2.79. The van der Waals surface area contributed by atoms with Gasteiger partial charge in [0.1, 0.15) is 21.8 Å². The number of ether oxygens (including phenoxy) is 1. The van der Waals surface area contributed by atoms with Gasteiger partial charge in [0.05, 0.1) is 17.8 Å². The molecule has 0 radical (unpaired) electrons. The molecule has 1 heterocycles. The van der Waals surface area contributed by atoms with Crippen molar-refractivity contribution in [1.29, 1.82) is 0 Å². The van der Waals surface area contributed by atoms with Crippen LogP contribution in [0.5, 0.6) is 5.75 Å². The monoisotopic (exact) mass is 429 g/mol. The van der Waals surface area contributed by atoms with Crippen LogP contribution in [0.1, 0.15) is 23.6 Å². The first-order chi connectivity index (χ1) is 15.2. The van der Waals surface area contributed by atoms with Gasteiger partial charge in [0.25, 0.3) is 0 Å². The topological polar surface area (TPSA) is 64.1 Å². The summed E-state index contributed by atoms with van der Waals surface area (Å²) >= 11 is 1.43. The number of rotatable bonds is 7. The van der Waals surface area contributed by atoms with Crippen molar-refractivity contribution in [3.8, 4) is 5.75 Å². The molecule has 1 amide bonds. The van der Waals surface area contributed by atoms with E-state index in [1.807, 2.05) is 92.7 Å². The smallest absolute Gasteiger partial charge is 0.242 e. The number of fused-ring (bicyclic) bond motifs is 1. The summed E-state index contributed by atoms with van der Waals surface area (Å²) in [5.74, 6) is 1.19. The number of carbonyl (C=O) groups excluding carboxylic acids is 1. The maximum atomic E-state index is 13.5. The lowest BCUT2D eigenvalue weighted by molar-refractivity contribution is -0.115. The Kier molecular flexibility index (Phi) is 6.48. The average molecular weight is 430 g/mol. The highest BCUT2D eigenvalue weighted by Gasteiger charge is 2.25. The number of carbonyl (C=O) groups is 1. The van der Waals surface area contributed by atoms with E-state index in [9.17, 15) is 4.79 Å². The lowest BCUT2D eigenvalue weighted by Gasteiger charge is -2.19. The Labute approximate surface area is 185 Å². The summed E-state index contributed by atoms with van der Waals surface area (Å²) < 4.78 is 5.67. The van der Waals surface area contributed by atoms with Crippen molar-refractivity contribution in [3.63, 3.8) is 0 Å². The molecule has 4 rings (SSSR count). The second-order valence-corrected chi connectivity index (χ2v) is 8.01. The van der Waals surface area contributed by atoms with Crippen LogP contribution in [0, 0.1) is 6.92 Å². The second-order valence-electron chi connectivity index (χ2n) is 6.92. The Balaban J connectivity index is 1.71. The Morgan fingerprint density at radius 1 is 0.968 bits per heavy atom. The van der Waals surface area contributed by atoms with Gasteiger partial charge in [-0.1, -0.05) is 72.4 Å². The van der Waals surface area contributed by atoms with Gasteiger partial charge in [0.15, 0.2) is 0 Å². The van der Waals surface area contributed by atoms with E-state index in [4.69, 9.17) is 4.74 Å².